The van der Waals surface area contributed by atoms with Gasteiger partial charge in [0.25, 0.3) is 0 Å². The molecule has 1 aliphatic rings. The Hall–Kier alpha value is 0.210. The molecule has 3 atom stereocenters. The van der Waals surface area contributed by atoms with Crippen LogP contribution in [0, 0.1) is 5.92 Å². The normalized spacial score (nSPS) is 26.4. The Kier molecular flexibility index (Phi) is 5.83. The lowest BCUT2D eigenvalue weighted by Crippen LogP contribution is -2.34. The summed E-state index contributed by atoms with van der Waals surface area (Å²) in [5.41, 5.74) is 0. The minimum absolute atomic E-state index is 0.501. The van der Waals surface area contributed by atoms with Crippen LogP contribution in [0.1, 0.15) is 33.1 Å². The highest BCUT2D eigenvalue weighted by molar-refractivity contribution is 6.18. The van der Waals surface area contributed by atoms with Crippen LogP contribution in [0.3, 0.4) is 0 Å². The predicted molar refractivity (Wildman–Crippen MR) is 60.9 cm³/mol. The van der Waals surface area contributed by atoms with E-state index in [4.69, 9.17) is 16.3 Å². The second-order valence-electron chi connectivity index (χ2n) is 4.30. The van der Waals surface area contributed by atoms with E-state index >= 15 is 0 Å². The van der Waals surface area contributed by atoms with E-state index in [1.807, 2.05) is 0 Å². The van der Waals surface area contributed by atoms with Crippen molar-refractivity contribution in [2.45, 2.75) is 45.3 Å². The topological polar surface area (TPSA) is 21.3 Å². The Morgan fingerprint density at radius 3 is 2.86 bits per heavy atom. The summed E-state index contributed by atoms with van der Waals surface area (Å²) >= 11 is 5.79. The second-order valence-corrected chi connectivity index (χ2v) is 4.61. The minimum Gasteiger partial charge on any atom is -0.378 e. The Balaban J connectivity index is 2.02. The molecule has 0 saturated carbocycles. The lowest BCUT2D eigenvalue weighted by atomic mass is 10.1. The molecule has 0 aliphatic carbocycles. The monoisotopic (exact) mass is 219 g/mol. The Bertz CT molecular complexity index is 148. The van der Waals surface area contributed by atoms with E-state index in [1.165, 1.54) is 12.8 Å². The molecule has 1 heterocycles. The molecule has 1 aliphatic heterocycles. The zero-order valence-electron chi connectivity index (χ0n) is 9.26. The number of alkyl halides is 1. The van der Waals surface area contributed by atoms with Crippen molar-refractivity contribution in [3.05, 3.63) is 0 Å². The summed E-state index contributed by atoms with van der Waals surface area (Å²) in [6.07, 6.45) is 4.11. The average molecular weight is 220 g/mol. The number of rotatable bonds is 6. The fourth-order valence-corrected chi connectivity index (χ4v) is 1.95. The number of hydrogen-bond acceptors (Lipinski definition) is 2. The summed E-state index contributed by atoms with van der Waals surface area (Å²) in [5.74, 6) is 1.27. The van der Waals surface area contributed by atoms with Crippen LogP contribution in [0.15, 0.2) is 0 Å². The maximum absolute atomic E-state index is 5.79. The van der Waals surface area contributed by atoms with Crippen molar-refractivity contribution in [2.75, 3.05) is 19.0 Å². The van der Waals surface area contributed by atoms with Crippen molar-refractivity contribution in [1.82, 2.24) is 5.32 Å². The molecule has 2 nitrogen and oxygen atoms in total. The second kappa shape index (κ2) is 6.65. The van der Waals surface area contributed by atoms with E-state index in [1.54, 1.807) is 0 Å². The Morgan fingerprint density at radius 1 is 1.50 bits per heavy atom. The van der Waals surface area contributed by atoms with Crippen molar-refractivity contribution in [2.24, 2.45) is 5.92 Å². The predicted octanol–water partition coefficient (Wildman–Crippen LogP) is 2.41. The van der Waals surface area contributed by atoms with Crippen molar-refractivity contribution in [1.29, 1.82) is 0 Å². The zero-order chi connectivity index (χ0) is 10.4. The maximum Gasteiger partial charge on any atom is 0.0588 e. The van der Waals surface area contributed by atoms with Crippen LogP contribution in [-0.4, -0.2) is 31.2 Å². The third kappa shape index (κ3) is 4.16. The summed E-state index contributed by atoms with van der Waals surface area (Å²) in [5, 5.41) is 3.50. The summed E-state index contributed by atoms with van der Waals surface area (Å²) in [6.45, 7) is 6.38. The van der Waals surface area contributed by atoms with Crippen molar-refractivity contribution >= 4 is 11.6 Å². The molecule has 0 radical (unpaired) electrons. The van der Waals surface area contributed by atoms with Crippen LogP contribution in [0.25, 0.3) is 0 Å². The van der Waals surface area contributed by atoms with E-state index in [0.717, 1.165) is 25.5 Å². The molecule has 1 fully saturated rings. The van der Waals surface area contributed by atoms with Gasteiger partial charge >= 0.3 is 0 Å². The van der Waals surface area contributed by atoms with Gasteiger partial charge in [0.05, 0.1) is 6.10 Å². The van der Waals surface area contributed by atoms with E-state index < -0.39 is 0 Å². The molecule has 3 unspecified atom stereocenters. The molecule has 0 bridgehead atoms. The molecular formula is C11H22ClNO. The molecular weight excluding hydrogens is 198 g/mol. The van der Waals surface area contributed by atoms with Gasteiger partial charge in [-0.3, -0.25) is 0 Å². The van der Waals surface area contributed by atoms with Gasteiger partial charge in [-0.25, -0.2) is 0 Å². The molecule has 1 saturated heterocycles. The van der Waals surface area contributed by atoms with Gasteiger partial charge in [0.15, 0.2) is 0 Å². The van der Waals surface area contributed by atoms with Gasteiger partial charge in [0.2, 0.25) is 0 Å². The number of nitrogens with one attached hydrogen (secondary N) is 1. The summed E-state index contributed by atoms with van der Waals surface area (Å²) in [4.78, 5) is 0. The Morgan fingerprint density at radius 2 is 2.29 bits per heavy atom. The molecule has 84 valence electrons. The molecule has 0 aromatic carbocycles. The van der Waals surface area contributed by atoms with Crippen LogP contribution in [-0.2, 0) is 4.74 Å². The van der Waals surface area contributed by atoms with Crippen LogP contribution >= 0.6 is 11.6 Å². The van der Waals surface area contributed by atoms with Crippen LogP contribution in [0.5, 0.6) is 0 Å². The molecule has 0 aromatic rings. The summed E-state index contributed by atoms with van der Waals surface area (Å²) < 4.78 is 5.56. The van der Waals surface area contributed by atoms with E-state index in [0.29, 0.717) is 18.1 Å². The molecule has 3 heteroatoms. The van der Waals surface area contributed by atoms with Crippen molar-refractivity contribution < 1.29 is 4.74 Å². The molecule has 1 N–H and O–H groups in total. The maximum atomic E-state index is 5.79. The third-order valence-electron chi connectivity index (χ3n) is 3.05. The van der Waals surface area contributed by atoms with E-state index in [2.05, 4.69) is 19.2 Å². The first kappa shape index (κ1) is 12.3. The molecule has 14 heavy (non-hydrogen) atoms. The molecule has 0 amide bonds. The van der Waals surface area contributed by atoms with E-state index in [-0.39, 0.29) is 0 Å². The SMILES string of the molecule is CC(CCl)C(C)NCCC1CCCO1. The Labute approximate surface area is 92.3 Å². The van der Waals surface area contributed by atoms with Gasteiger partial charge in [-0.1, -0.05) is 6.92 Å². The number of halogens is 1. The van der Waals surface area contributed by atoms with Crippen LogP contribution < -0.4 is 5.32 Å². The summed E-state index contributed by atoms with van der Waals surface area (Å²) in [6, 6.07) is 0.508. The van der Waals surface area contributed by atoms with Gasteiger partial charge in [-0.15, -0.1) is 11.6 Å². The highest BCUT2D eigenvalue weighted by Gasteiger charge is 2.16. The molecule has 0 aromatic heterocycles. The van der Waals surface area contributed by atoms with E-state index in [9.17, 15) is 0 Å². The fraction of sp³-hybridized carbons (Fsp3) is 1.00. The standard InChI is InChI=1S/C11H22ClNO/c1-9(8-12)10(2)13-6-5-11-4-3-7-14-11/h9-11,13H,3-8H2,1-2H3. The van der Waals surface area contributed by atoms with Gasteiger partial charge < -0.3 is 10.1 Å². The van der Waals surface area contributed by atoms with Crippen molar-refractivity contribution in [3.8, 4) is 0 Å². The van der Waals surface area contributed by atoms with Gasteiger partial charge in [-0.2, -0.15) is 0 Å². The van der Waals surface area contributed by atoms with Gasteiger partial charge in [0.1, 0.15) is 0 Å². The van der Waals surface area contributed by atoms with Gasteiger partial charge in [-0.05, 0) is 38.6 Å². The molecule has 0 spiro atoms. The third-order valence-corrected chi connectivity index (χ3v) is 3.54. The molecule has 1 rings (SSSR count). The average Bonchev–Trinajstić information content (AvgIpc) is 2.69. The first-order valence-corrected chi connectivity index (χ1v) is 6.18. The first-order valence-electron chi connectivity index (χ1n) is 5.65. The quantitative estimate of drug-likeness (QED) is 0.693. The lowest BCUT2D eigenvalue weighted by Gasteiger charge is -2.20. The largest absolute Gasteiger partial charge is 0.378 e. The first-order chi connectivity index (χ1) is 6.74. The number of hydrogen-bond donors (Lipinski definition) is 1. The van der Waals surface area contributed by atoms with Crippen molar-refractivity contribution in [3.63, 3.8) is 0 Å². The van der Waals surface area contributed by atoms with Crippen LogP contribution in [0.2, 0.25) is 0 Å². The highest BCUT2D eigenvalue weighted by atomic mass is 35.5. The fourth-order valence-electron chi connectivity index (χ4n) is 1.68. The smallest absolute Gasteiger partial charge is 0.0588 e. The number of ether oxygens (including phenoxy) is 1. The highest BCUT2D eigenvalue weighted by Crippen LogP contribution is 2.14. The lowest BCUT2D eigenvalue weighted by molar-refractivity contribution is 0.103. The summed E-state index contributed by atoms with van der Waals surface area (Å²) in [7, 11) is 0. The zero-order valence-corrected chi connectivity index (χ0v) is 10.0. The van der Waals surface area contributed by atoms with Gasteiger partial charge in [0, 0.05) is 18.5 Å². The minimum atomic E-state index is 0.501. The van der Waals surface area contributed by atoms with Crippen LogP contribution in [0.4, 0.5) is 0 Å².